The standard InChI is InChI=1S/C20H31N3O5/c1-12(2)16(23-19(27)28-20(4,5)6)18(26)21-13(3)17(25)22-15-9-7-14(11-24)8-10-15/h7-10,12-13,16,24H,11H2,1-6H3,(H,21,26)(H,22,25)(H,23,27)/t13-,16?/m1/s1. The van der Waals surface area contributed by atoms with Crippen LogP contribution in [0.5, 0.6) is 0 Å². The molecule has 0 bridgehead atoms. The van der Waals surface area contributed by atoms with E-state index in [1.807, 2.05) is 0 Å². The summed E-state index contributed by atoms with van der Waals surface area (Å²) in [7, 11) is 0. The molecule has 0 heterocycles. The van der Waals surface area contributed by atoms with Gasteiger partial charge in [-0.3, -0.25) is 9.59 Å². The Morgan fingerprint density at radius 2 is 1.57 bits per heavy atom. The number of ether oxygens (including phenoxy) is 1. The van der Waals surface area contributed by atoms with Crippen LogP contribution in [0.1, 0.15) is 47.1 Å². The molecule has 1 rings (SSSR count). The molecule has 1 unspecified atom stereocenters. The number of rotatable bonds is 7. The third kappa shape index (κ3) is 7.96. The Kier molecular flexibility index (Phi) is 8.43. The molecular formula is C20H31N3O5. The van der Waals surface area contributed by atoms with Crippen molar-refractivity contribution in [2.75, 3.05) is 5.32 Å². The summed E-state index contributed by atoms with van der Waals surface area (Å²) in [6.07, 6.45) is -0.692. The van der Waals surface area contributed by atoms with Crippen molar-refractivity contribution in [2.24, 2.45) is 5.92 Å². The van der Waals surface area contributed by atoms with Gasteiger partial charge in [0.05, 0.1) is 6.61 Å². The smallest absolute Gasteiger partial charge is 0.408 e. The first-order chi connectivity index (χ1) is 12.9. The number of carbonyl (C=O) groups excluding carboxylic acids is 3. The van der Waals surface area contributed by atoms with Gasteiger partial charge in [-0.25, -0.2) is 4.79 Å². The third-order valence-electron chi connectivity index (χ3n) is 3.78. The molecule has 1 aromatic rings. The Bertz CT molecular complexity index is 680. The number of amides is 3. The molecular weight excluding hydrogens is 362 g/mol. The molecule has 8 nitrogen and oxygen atoms in total. The average Bonchev–Trinajstić information content (AvgIpc) is 2.58. The minimum Gasteiger partial charge on any atom is -0.444 e. The van der Waals surface area contributed by atoms with Crippen molar-refractivity contribution < 1.29 is 24.2 Å². The summed E-state index contributed by atoms with van der Waals surface area (Å²) in [5.41, 5.74) is 0.601. The molecule has 156 valence electrons. The first-order valence-electron chi connectivity index (χ1n) is 9.23. The normalized spacial score (nSPS) is 13.4. The Labute approximate surface area is 166 Å². The van der Waals surface area contributed by atoms with Crippen molar-refractivity contribution in [3.8, 4) is 0 Å². The van der Waals surface area contributed by atoms with Crippen molar-refractivity contribution in [3.05, 3.63) is 29.8 Å². The van der Waals surface area contributed by atoms with Gasteiger partial charge in [-0.15, -0.1) is 0 Å². The first kappa shape index (κ1) is 23.4. The Morgan fingerprint density at radius 3 is 2.04 bits per heavy atom. The zero-order chi connectivity index (χ0) is 21.5. The molecule has 0 saturated heterocycles. The van der Waals surface area contributed by atoms with Gasteiger partial charge in [0.15, 0.2) is 0 Å². The van der Waals surface area contributed by atoms with Gasteiger partial charge in [-0.05, 0) is 51.3 Å². The third-order valence-corrected chi connectivity index (χ3v) is 3.78. The molecule has 0 aliphatic rings. The van der Waals surface area contributed by atoms with E-state index in [1.165, 1.54) is 0 Å². The van der Waals surface area contributed by atoms with Crippen LogP contribution < -0.4 is 16.0 Å². The summed E-state index contributed by atoms with van der Waals surface area (Å²) < 4.78 is 5.19. The molecule has 2 atom stereocenters. The van der Waals surface area contributed by atoms with Crippen molar-refractivity contribution >= 4 is 23.6 Å². The lowest BCUT2D eigenvalue weighted by molar-refractivity contribution is -0.128. The van der Waals surface area contributed by atoms with Crippen LogP contribution in [0.2, 0.25) is 0 Å². The van der Waals surface area contributed by atoms with E-state index in [0.717, 1.165) is 5.56 Å². The van der Waals surface area contributed by atoms with Crippen molar-refractivity contribution in [1.82, 2.24) is 10.6 Å². The molecule has 0 aliphatic heterocycles. The molecule has 28 heavy (non-hydrogen) atoms. The average molecular weight is 393 g/mol. The van der Waals surface area contributed by atoms with Gasteiger partial charge >= 0.3 is 6.09 Å². The number of alkyl carbamates (subject to hydrolysis) is 1. The molecule has 3 amide bonds. The zero-order valence-corrected chi connectivity index (χ0v) is 17.3. The molecule has 0 fully saturated rings. The highest BCUT2D eigenvalue weighted by atomic mass is 16.6. The largest absolute Gasteiger partial charge is 0.444 e. The highest BCUT2D eigenvalue weighted by Crippen LogP contribution is 2.11. The van der Waals surface area contributed by atoms with Crippen molar-refractivity contribution in [2.45, 2.75) is 65.8 Å². The van der Waals surface area contributed by atoms with E-state index >= 15 is 0 Å². The van der Waals surface area contributed by atoms with Gasteiger partial charge in [-0.1, -0.05) is 26.0 Å². The van der Waals surface area contributed by atoms with E-state index < -0.39 is 35.6 Å². The second-order valence-corrected chi connectivity index (χ2v) is 7.94. The Hall–Kier alpha value is -2.61. The molecule has 4 N–H and O–H groups in total. The second-order valence-electron chi connectivity index (χ2n) is 7.94. The summed E-state index contributed by atoms with van der Waals surface area (Å²) in [4.78, 5) is 36.8. The number of aliphatic hydroxyl groups is 1. The maximum Gasteiger partial charge on any atom is 0.408 e. The van der Waals surface area contributed by atoms with Crippen LogP contribution in [0.4, 0.5) is 10.5 Å². The number of hydrogen-bond donors (Lipinski definition) is 4. The number of hydrogen-bond acceptors (Lipinski definition) is 5. The zero-order valence-electron chi connectivity index (χ0n) is 17.3. The lowest BCUT2D eigenvalue weighted by atomic mass is 10.0. The van der Waals surface area contributed by atoms with E-state index in [2.05, 4.69) is 16.0 Å². The Morgan fingerprint density at radius 1 is 1.00 bits per heavy atom. The molecule has 8 heteroatoms. The number of nitrogens with one attached hydrogen (secondary N) is 3. The van der Waals surface area contributed by atoms with E-state index in [0.29, 0.717) is 5.69 Å². The molecule has 0 spiro atoms. The first-order valence-corrected chi connectivity index (χ1v) is 9.23. The lowest BCUT2D eigenvalue weighted by Crippen LogP contribution is -2.54. The van der Waals surface area contributed by atoms with Gasteiger partial charge < -0.3 is 25.8 Å². The number of anilines is 1. The summed E-state index contributed by atoms with van der Waals surface area (Å²) >= 11 is 0. The van der Waals surface area contributed by atoms with Gasteiger partial charge in [0.2, 0.25) is 11.8 Å². The molecule has 0 radical (unpaired) electrons. The highest BCUT2D eigenvalue weighted by Gasteiger charge is 2.28. The summed E-state index contributed by atoms with van der Waals surface area (Å²) in [5.74, 6) is -1.07. The molecule has 0 saturated carbocycles. The number of benzene rings is 1. The minimum absolute atomic E-state index is 0.0814. The van der Waals surface area contributed by atoms with E-state index in [-0.39, 0.29) is 12.5 Å². The fraction of sp³-hybridized carbons (Fsp3) is 0.550. The van der Waals surface area contributed by atoms with Gasteiger partial charge in [0.25, 0.3) is 0 Å². The van der Waals surface area contributed by atoms with E-state index in [9.17, 15) is 14.4 Å². The SMILES string of the molecule is CC(C)C(NC(=O)OC(C)(C)C)C(=O)N[C@H](C)C(=O)Nc1ccc(CO)cc1. The van der Waals surface area contributed by atoms with Crippen molar-refractivity contribution in [3.63, 3.8) is 0 Å². The molecule has 0 aliphatic carbocycles. The van der Waals surface area contributed by atoms with Crippen molar-refractivity contribution in [1.29, 1.82) is 0 Å². The van der Waals surface area contributed by atoms with Crippen LogP contribution in [0.3, 0.4) is 0 Å². The molecule has 0 aromatic heterocycles. The van der Waals surface area contributed by atoms with E-state index in [1.54, 1.807) is 65.8 Å². The minimum atomic E-state index is -0.839. The fourth-order valence-electron chi connectivity index (χ4n) is 2.28. The van der Waals surface area contributed by atoms with Crippen LogP contribution in [-0.2, 0) is 20.9 Å². The quantitative estimate of drug-likeness (QED) is 0.566. The molecule has 1 aromatic carbocycles. The maximum atomic E-state index is 12.5. The predicted octanol–water partition coefficient (Wildman–Crippen LogP) is 2.17. The van der Waals surface area contributed by atoms with Gasteiger partial charge in [0, 0.05) is 5.69 Å². The second kappa shape index (κ2) is 10.1. The number of aliphatic hydroxyl groups excluding tert-OH is 1. The maximum absolute atomic E-state index is 12.5. The van der Waals surface area contributed by atoms with Crippen LogP contribution in [0, 0.1) is 5.92 Å². The summed E-state index contributed by atoms with van der Waals surface area (Å²) in [5, 5.41) is 16.9. The topological polar surface area (TPSA) is 117 Å². The lowest BCUT2D eigenvalue weighted by Gasteiger charge is -2.26. The Balaban J connectivity index is 2.67. The van der Waals surface area contributed by atoms with Crippen LogP contribution in [-0.4, -0.2) is 40.7 Å². The number of carbonyl (C=O) groups is 3. The van der Waals surface area contributed by atoms with Gasteiger partial charge in [0.1, 0.15) is 17.7 Å². The van der Waals surface area contributed by atoms with Crippen LogP contribution in [0.25, 0.3) is 0 Å². The van der Waals surface area contributed by atoms with Gasteiger partial charge in [-0.2, -0.15) is 0 Å². The summed E-state index contributed by atoms with van der Waals surface area (Å²) in [6.45, 7) is 10.2. The summed E-state index contributed by atoms with van der Waals surface area (Å²) in [6, 6.07) is 5.06. The highest BCUT2D eigenvalue weighted by molar-refractivity contribution is 5.98. The van der Waals surface area contributed by atoms with E-state index in [4.69, 9.17) is 9.84 Å². The van der Waals surface area contributed by atoms with Crippen LogP contribution >= 0.6 is 0 Å². The fourth-order valence-corrected chi connectivity index (χ4v) is 2.28. The van der Waals surface area contributed by atoms with Crippen LogP contribution in [0.15, 0.2) is 24.3 Å². The monoisotopic (exact) mass is 393 g/mol. The predicted molar refractivity (Wildman–Crippen MR) is 107 cm³/mol.